The number of nitrogens with one attached hydrogen (secondary N) is 1. The normalized spacial score (nSPS) is 13.0. The van der Waals surface area contributed by atoms with Gasteiger partial charge in [-0.05, 0) is 38.3 Å². The van der Waals surface area contributed by atoms with Gasteiger partial charge >= 0.3 is 0 Å². The summed E-state index contributed by atoms with van der Waals surface area (Å²) in [6.45, 7) is 1.93. The maximum absolute atomic E-state index is 12.4. The summed E-state index contributed by atoms with van der Waals surface area (Å²) >= 11 is 0. The largest absolute Gasteiger partial charge is 0.496 e. The summed E-state index contributed by atoms with van der Waals surface area (Å²) in [5.74, 6) is 0.560. The molecule has 0 fully saturated rings. The van der Waals surface area contributed by atoms with Crippen molar-refractivity contribution in [2.75, 3.05) is 57.7 Å². The number of rotatable bonds is 11. The molecule has 1 amide bonds. The van der Waals surface area contributed by atoms with Gasteiger partial charge in [0.15, 0.2) is 0 Å². The number of benzene rings is 2. The molecule has 0 aliphatic heterocycles. The summed E-state index contributed by atoms with van der Waals surface area (Å²) < 4.78 is 54.6. The van der Waals surface area contributed by atoms with Crippen molar-refractivity contribution >= 4 is 38.2 Å². The lowest BCUT2D eigenvalue weighted by Gasteiger charge is -2.25. The molecule has 0 atom stereocenters. The van der Waals surface area contributed by atoms with E-state index in [0.29, 0.717) is 51.8 Å². The highest BCUT2D eigenvalue weighted by Gasteiger charge is 2.19. The predicted octanol–water partition coefficient (Wildman–Crippen LogP) is 3.63. The Morgan fingerprint density at radius 1 is 1.23 bits per heavy atom. The Bertz CT molecular complexity index is 1770. The molecule has 0 saturated heterocycles. The molecule has 0 aliphatic rings. The molecule has 0 radical (unpaired) electrons. The van der Waals surface area contributed by atoms with Gasteiger partial charge in [-0.1, -0.05) is 24.8 Å². The Labute approximate surface area is 239 Å². The van der Waals surface area contributed by atoms with Gasteiger partial charge in [0.2, 0.25) is 15.9 Å². The minimum Gasteiger partial charge on any atom is -0.496 e. The van der Waals surface area contributed by atoms with Crippen LogP contribution in [0.5, 0.6) is 5.75 Å². The number of aromatic nitrogens is 3. The Kier molecular flexibility index (Phi) is 7.37. The van der Waals surface area contributed by atoms with Crippen molar-refractivity contribution in [2.24, 2.45) is 0 Å². The highest BCUT2D eigenvalue weighted by Crippen LogP contribution is 2.35. The molecule has 11 heteroatoms. The van der Waals surface area contributed by atoms with Crippen molar-refractivity contribution in [3.05, 3.63) is 78.9 Å². The smallest absolute Gasteiger partial charge is 0.247 e. The molecule has 0 spiro atoms. The first kappa shape index (κ1) is 24.8. The van der Waals surface area contributed by atoms with Gasteiger partial charge in [0.1, 0.15) is 11.6 Å². The van der Waals surface area contributed by atoms with Gasteiger partial charge in [0.25, 0.3) is 0 Å². The summed E-state index contributed by atoms with van der Waals surface area (Å²) in [6.07, 6.45) is 5.72. The molecule has 4 rings (SSSR count). The van der Waals surface area contributed by atoms with Crippen molar-refractivity contribution in [1.29, 1.82) is 0 Å². The standard InChI is InChI=1S/C29H34N6O4S/c1-7-29(36)32-24-16-20(27(39-5)18-26(24)34(4)15-14-33(2)3)17-28-30-13-12-23(31-28)22-19-35(40(6,37)38)25-11-9-8-10-21(22)25/h7-13,16,18-19H,1,14-15,17H2,2-6H3,(H,32,36)/i2D3. The summed E-state index contributed by atoms with van der Waals surface area (Å²) in [5, 5.41) is 3.57. The van der Waals surface area contributed by atoms with Gasteiger partial charge in [-0.3, -0.25) is 4.79 Å². The summed E-state index contributed by atoms with van der Waals surface area (Å²) in [4.78, 5) is 24.6. The number of carbonyl (C=O) groups excluding carboxylic acids is 1. The topological polar surface area (TPSA) is 110 Å². The minimum atomic E-state index is -3.55. The van der Waals surface area contributed by atoms with Crippen LogP contribution in [0, 0.1) is 0 Å². The quantitative estimate of drug-likeness (QED) is 0.275. The number of anilines is 2. The van der Waals surface area contributed by atoms with Gasteiger partial charge in [-0.25, -0.2) is 22.4 Å². The minimum absolute atomic E-state index is 0.241. The van der Waals surface area contributed by atoms with E-state index in [2.05, 4.69) is 16.9 Å². The number of amides is 1. The third kappa shape index (κ3) is 6.32. The molecule has 2 aromatic heterocycles. The van der Waals surface area contributed by atoms with Crippen molar-refractivity contribution < 1.29 is 22.1 Å². The third-order valence-electron chi connectivity index (χ3n) is 6.39. The van der Waals surface area contributed by atoms with Crippen LogP contribution in [0.25, 0.3) is 22.2 Å². The number of carbonyl (C=O) groups is 1. The SMILES string of the molecule is [2H]C([2H])([2H])N(C)CCN(C)c1cc(OC)c(Cc2nccc(-c3cn(S(C)(=O)=O)c4ccccc34)n2)cc1NC(=O)C=C. The summed E-state index contributed by atoms with van der Waals surface area (Å²) in [7, 11) is 1.31. The number of methoxy groups -OCH3 is 1. The number of likely N-dealkylation sites (N-methyl/N-ethyl adjacent to an activating group) is 2. The number of hydrogen-bond donors (Lipinski definition) is 1. The summed E-state index contributed by atoms with van der Waals surface area (Å²) in [6, 6.07) is 12.5. The lowest BCUT2D eigenvalue weighted by atomic mass is 10.1. The average Bonchev–Trinajstić information content (AvgIpc) is 3.36. The van der Waals surface area contributed by atoms with Crippen LogP contribution in [0.4, 0.5) is 11.4 Å². The molecule has 210 valence electrons. The molecule has 1 N–H and O–H groups in total. The van der Waals surface area contributed by atoms with E-state index in [1.54, 1.807) is 49.8 Å². The van der Waals surface area contributed by atoms with Crippen LogP contribution >= 0.6 is 0 Å². The van der Waals surface area contributed by atoms with E-state index in [0.717, 1.165) is 17.7 Å². The first-order chi connectivity index (χ1) is 20.2. The van der Waals surface area contributed by atoms with E-state index >= 15 is 0 Å². The van der Waals surface area contributed by atoms with Gasteiger partial charge < -0.3 is 19.9 Å². The lowest BCUT2D eigenvalue weighted by molar-refractivity contribution is -0.111. The van der Waals surface area contributed by atoms with Crippen LogP contribution in [-0.4, -0.2) is 80.7 Å². The Morgan fingerprint density at radius 3 is 2.70 bits per heavy atom. The van der Waals surface area contributed by atoms with E-state index in [4.69, 9.17) is 13.8 Å². The Hall–Kier alpha value is -4.22. The van der Waals surface area contributed by atoms with E-state index in [-0.39, 0.29) is 13.0 Å². The van der Waals surface area contributed by atoms with Gasteiger partial charge in [-0.2, -0.15) is 0 Å². The lowest BCUT2D eigenvalue weighted by Crippen LogP contribution is -2.29. The van der Waals surface area contributed by atoms with Crippen molar-refractivity contribution in [3.63, 3.8) is 0 Å². The fraction of sp³-hybridized carbons (Fsp3) is 0.276. The fourth-order valence-corrected chi connectivity index (χ4v) is 5.21. The van der Waals surface area contributed by atoms with E-state index < -0.39 is 22.9 Å². The molecule has 0 bridgehead atoms. The number of nitrogens with zero attached hydrogens (tertiary/aromatic N) is 5. The van der Waals surface area contributed by atoms with Crippen LogP contribution in [0.1, 0.15) is 15.5 Å². The van der Waals surface area contributed by atoms with Gasteiger partial charge in [0.05, 0.1) is 36.0 Å². The summed E-state index contributed by atoms with van der Waals surface area (Å²) in [5.41, 5.74) is 3.54. The molecule has 10 nitrogen and oxygen atoms in total. The highest BCUT2D eigenvalue weighted by molar-refractivity contribution is 7.89. The molecular formula is C29H34N6O4S. The number of fused-ring (bicyclic) bond motifs is 1. The molecule has 4 aromatic rings. The zero-order valence-electron chi connectivity index (χ0n) is 25.9. The number of hydrogen-bond acceptors (Lipinski definition) is 8. The van der Waals surface area contributed by atoms with E-state index in [1.165, 1.54) is 23.0 Å². The Balaban J connectivity index is 1.71. The van der Waals surface area contributed by atoms with E-state index in [9.17, 15) is 13.2 Å². The maximum atomic E-state index is 12.4. The van der Waals surface area contributed by atoms with Crippen LogP contribution in [0.15, 0.2) is 67.5 Å². The van der Waals surface area contributed by atoms with E-state index in [1.807, 2.05) is 17.0 Å². The fourth-order valence-electron chi connectivity index (χ4n) is 4.40. The maximum Gasteiger partial charge on any atom is 0.247 e. The zero-order valence-corrected chi connectivity index (χ0v) is 23.7. The second-order valence-electron chi connectivity index (χ2n) is 9.37. The van der Waals surface area contributed by atoms with Crippen molar-refractivity contribution in [1.82, 2.24) is 18.8 Å². The first-order valence-corrected chi connectivity index (χ1v) is 14.3. The van der Waals surface area contributed by atoms with Crippen LogP contribution < -0.4 is 15.0 Å². The average molecular weight is 566 g/mol. The number of ether oxygens (including phenoxy) is 1. The van der Waals surface area contributed by atoms with Crippen LogP contribution in [-0.2, 0) is 21.2 Å². The van der Waals surface area contributed by atoms with Crippen molar-refractivity contribution in [2.45, 2.75) is 6.42 Å². The molecule has 2 aromatic carbocycles. The molecule has 0 unspecified atom stereocenters. The second-order valence-corrected chi connectivity index (χ2v) is 11.2. The molecule has 40 heavy (non-hydrogen) atoms. The molecule has 2 heterocycles. The van der Waals surface area contributed by atoms with Crippen molar-refractivity contribution in [3.8, 4) is 17.0 Å². The second kappa shape index (κ2) is 11.9. The van der Waals surface area contributed by atoms with Crippen LogP contribution in [0.2, 0.25) is 0 Å². The van der Waals surface area contributed by atoms with Crippen LogP contribution in [0.3, 0.4) is 0 Å². The predicted molar refractivity (Wildman–Crippen MR) is 160 cm³/mol. The van der Waals surface area contributed by atoms with Gasteiger partial charge in [0, 0.05) is 65.6 Å². The van der Waals surface area contributed by atoms with Gasteiger partial charge in [-0.15, -0.1) is 0 Å². The zero-order chi connectivity index (χ0) is 31.5. The monoisotopic (exact) mass is 565 g/mol. The third-order valence-corrected chi connectivity index (χ3v) is 7.41. The molecule has 0 aliphatic carbocycles. The highest BCUT2D eigenvalue weighted by atomic mass is 32.2. The Morgan fingerprint density at radius 2 is 2.00 bits per heavy atom. The number of para-hydroxylation sites is 1. The molecular weight excluding hydrogens is 528 g/mol. The first-order valence-electron chi connectivity index (χ1n) is 13.9. The molecule has 0 saturated carbocycles.